The second-order valence-electron chi connectivity index (χ2n) is 8.10. The molecule has 0 aliphatic carbocycles. The van der Waals surface area contributed by atoms with Crippen LogP contribution in [0.4, 0.5) is 13.2 Å². The standard InChI is InChI=1S/C27H22F3NO5/c1-35-19-10-6-8-17(14-19)23-22(24(32)20-11-3-4-12-21(20)36-2)25(33)26(34)31(23)15-16-7-5-9-18(13-16)27(28,29)30/h3-14,23,32H,15H2,1-2H3/b24-22+. The van der Waals surface area contributed by atoms with Gasteiger partial charge in [-0.3, -0.25) is 9.59 Å². The van der Waals surface area contributed by atoms with E-state index in [1.165, 1.54) is 32.4 Å². The molecule has 3 aromatic carbocycles. The maximum atomic E-state index is 13.3. The quantitative estimate of drug-likeness (QED) is 0.283. The van der Waals surface area contributed by atoms with E-state index >= 15 is 0 Å². The van der Waals surface area contributed by atoms with Gasteiger partial charge in [-0.05, 0) is 47.5 Å². The lowest BCUT2D eigenvalue weighted by molar-refractivity contribution is -0.140. The summed E-state index contributed by atoms with van der Waals surface area (Å²) in [6, 6.07) is 16.5. The number of rotatable bonds is 6. The third kappa shape index (κ3) is 4.64. The van der Waals surface area contributed by atoms with Gasteiger partial charge in [0.05, 0.1) is 37.0 Å². The Morgan fingerprint density at radius 2 is 1.67 bits per heavy atom. The van der Waals surface area contributed by atoms with Crippen molar-refractivity contribution in [2.45, 2.75) is 18.8 Å². The van der Waals surface area contributed by atoms with Crippen molar-refractivity contribution < 1.29 is 37.3 Å². The number of likely N-dealkylation sites (tertiary alicyclic amines) is 1. The number of carbonyl (C=O) groups excluding carboxylic acids is 2. The Bertz CT molecular complexity index is 1350. The smallest absolute Gasteiger partial charge is 0.416 e. The lowest BCUT2D eigenvalue weighted by Gasteiger charge is -2.26. The highest BCUT2D eigenvalue weighted by atomic mass is 19.4. The van der Waals surface area contributed by atoms with Crippen LogP contribution in [-0.4, -0.2) is 35.9 Å². The number of ketones is 1. The number of aliphatic hydroxyl groups is 1. The van der Waals surface area contributed by atoms with Gasteiger partial charge in [0.2, 0.25) is 0 Å². The summed E-state index contributed by atoms with van der Waals surface area (Å²) < 4.78 is 50.4. The Hall–Kier alpha value is -4.27. The first-order chi connectivity index (χ1) is 17.2. The molecule has 0 spiro atoms. The molecule has 1 saturated heterocycles. The van der Waals surface area contributed by atoms with Gasteiger partial charge in [-0.15, -0.1) is 0 Å². The van der Waals surface area contributed by atoms with Gasteiger partial charge >= 0.3 is 6.18 Å². The SMILES string of the molecule is COc1cccc(C2/C(=C(\O)c3ccccc3OC)C(=O)C(=O)N2Cc2cccc(C(F)(F)F)c2)c1. The monoisotopic (exact) mass is 497 g/mol. The van der Waals surface area contributed by atoms with E-state index < -0.39 is 35.2 Å². The van der Waals surface area contributed by atoms with Gasteiger partial charge in [0.25, 0.3) is 11.7 Å². The topological polar surface area (TPSA) is 76.1 Å². The summed E-state index contributed by atoms with van der Waals surface area (Å²) in [6.07, 6.45) is -4.57. The molecule has 1 fully saturated rings. The molecule has 4 rings (SSSR count). The molecular weight excluding hydrogens is 475 g/mol. The summed E-state index contributed by atoms with van der Waals surface area (Å²) in [5.41, 5.74) is -0.257. The van der Waals surface area contributed by atoms with Gasteiger partial charge in [0, 0.05) is 6.54 Å². The largest absolute Gasteiger partial charge is 0.507 e. The van der Waals surface area contributed by atoms with Crippen molar-refractivity contribution in [3.8, 4) is 11.5 Å². The van der Waals surface area contributed by atoms with Crippen molar-refractivity contribution in [1.29, 1.82) is 0 Å². The molecule has 1 heterocycles. The zero-order valence-electron chi connectivity index (χ0n) is 19.4. The Balaban J connectivity index is 1.88. The summed E-state index contributed by atoms with van der Waals surface area (Å²) in [4.78, 5) is 27.5. The van der Waals surface area contributed by atoms with Gasteiger partial charge in [-0.2, -0.15) is 13.2 Å². The highest BCUT2D eigenvalue weighted by Gasteiger charge is 2.46. The molecule has 1 amide bonds. The van der Waals surface area contributed by atoms with Crippen LogP contribution >= 0.6 is 0 Å². The number of hydrogen-bond donors (Lipinski definition) is 1. The minimum Gasteiger partial charge on any atom is -0.507 e. The first-order valence-electron chi connectivity index (χ1n) is 10.9. The fourth-order valence-corrected chi connectivity index (χ4v) is 4.23. The van der Waals surface area contributed by atoms with Crippen molar-refractivity contribution in [2.24, 2.45) is 0 Å². The number of alkyl halides is 3. The van der Waals surface area contributed by atoms with E-state index in [0.29, 0.717) is 11.3 Å². The van der Waals surface area contributed by atoms with E-state index in [2.05, 4.69) is 0 Å². The van der Waals surface area contributed by atoms with E-state index in [1.54, 1.807) is 42.5 Å². The highest BCUT2D eigenvalue weighted by Crippen LogP contribution is 2.42. The van der Waals surface area contributed by atoms with Crippen molar-refractivity contribution >= 4 is 17.4 Å². The molecule has 0 saturated carbocycles. The van der Waals surface area contributed by atoms with Gasteiger partial charge < -0.3 is 19.5 Å². The zero-order valence-corrected chi connectivity index (χ0v) is 19.4. The lowest BCUT2D eigenvalue weighted by atomic mass is 9.94. The van der Waals surface area contributed by atoms with E-state index in [9.17, 15) is 27.9 Å². The van der Waals surface area contributed by atoms with Gasteiger partial charge in [0.15, 0.2) is 0 Å². The molecule has 0 radical (unpaired) electrons. The van der Waals surface area contributed by atoms with Gasteiger partial charge in [0.1, 0.15) is 17.3 Å². The third-order valence-electron chi connectivity index (χ3n) is 5.92. The van der Waals surface area contributed by atoms with Crippen molar-refractivity contribution in [1.82, 2.24) is 4.90 Å². The third-order valence-corrected chi connectivity index (χ3v) is 5.92. The number of halogens is 3. The molecule has 0 aromatic heterocycles. The molecule has 0 bridgehead atoms. The second-order valence-corrected chi connectivity index (χ2v) is 8.10. The molecule has 3 aromatic rings. The van der Waals surface area contributed by atoms with Crippen LogP contribution in [0.2, 0.25) is 0 Å². The summed E-state index contributed by atoms with van der Waals surface area (Å²) in [5, 5.41) is 11.2. The Labute approximate surface area is 205 Å². The molecule has 1 N–H and O–H groups in total. The van der Waals surface area contributed by atoms with Crippen LogP contribution < -0.4 is 9.47 Å². The first-order valence-corrected chi connectivity index (χ1v) is 10.9. The number of ether oxygens (including phenoxy) is 2. The Morgan fingerprint density at radius 1 is 0.944 bits per heavy atom. The summed E-state index contributed by atoms with van der Waals surface area (Å²) in [7, 11) is 2.85. The Kier molecular flexibility index (Phi) is 6.74. The van der Waals surface area contributed by atoms with Crippen LogP contribution in [0.1, 0.15) is 28.3 Å². The number of benzene rings is 3. The lowest BCUT2D eigenvalue weighted by Crippen LogP contribution is -2.29. The van der Waals surface area contributed by atoms with Crippen LogP contribution in [0.3, 0.4) is 0 Å². The van der Waals surface area contributed by atoms with Crippen molar-refractivity contribution in [3.63, 3.8) is 0 Å². The predicted molar refractivity (Wildman–Crippen MR) is 125 cm³/mol. The Morgan fingerprint density at radius 3 is 2.36 bits per heavy atom. The van der Waals surface area contributed by atoms with E-state index in [-0.39, 0.29) is 29.0 Å². The normalized spacial score (nSPS) is 17.4. The maximum Gasteiger partial charge on any atom is 0.416 e. The van der Waals surface area contributed by atoms with Gasteiger partial charge in [-0.25, -0.2) is 0 Å². The van der Waals surface area contributed by atoms with Crippen molar-refractivity contribution in [2.75, 3.05) is 14.2 Å². The zero-order chi connectivity index (χ0) is 26.0. The molecule has 36 heavy (non-hydrogen) atoms. The van der Waals surface area contributed by atoms with Crippen molar-refractivity contribution in [3.05, 3.63) is 101 Å². The molecule has 9 heteroatoms. The molecule has 1 unspecified atom stereocenters. The van der Waals surface area contributed by atoms with E-state index in [1.807, 2.05) is 0 Å². The molecular formula is C27H22F3NO5. The summed E-state index contributed by atoms with van der Waals surface area (Å²) in [5.74, 6) is -1.64. The maximum absolute atomic E-state index is 13.3. The molecule has 1 aliphatic rings. The average Bonchev–Trinajstić information content (AvgIpc) is 3.13. The van der Waals surface area contributed by atoms with E-state index in [0.717, 1.165) is 17.0 Å². The first kappa shape index (κ1) is 24.8. The molecule has 186 valence electrons. The number of para-hydroxylation sites is 1. The number of nitrogens with zero attached hydrogens (tertiary/aromatic N) is 1. The number of carbonyl (C=O) groups is 2. The second kappa shape index (κ2) is 9.77. The summed E-state index contributed by atoms with van der Waals surface area (Å²) >= 11 is 0. The minimum absolute atomic E-state index is 0.178. The van der Waals surface area contributed by atoms with Crippen LogP contribution in [0.15, 0.2) is 78.4 Å². The predicted octanol–water partition coefficient (Wildman–Crippen LogP) is 5.34. The minimum atomic E-state index is -4.57. The highest BCUT2D eigenvalue weighted by molar-refractivity contribution is 6.46. The number of hydrogen-bond acceptors (Lipinski definition) is 5. The average molecular weight is 497 g/mol. The fourth-order valence-electron chi connectivity index (χ4n) is 4.23. The van der Waals surface area contributed by atoms with Gasteiger partial charge in [-0.1, -0.05) is 36.4 Å². The number of amides is 1. The number of Topliss-reactive ketones (excluding diaryl/α,β-unsaturated/α-hetero) is 1. The van der Waals surface area contributed by atoms with Crippen LogP contribution in [0.5, 0.6) is 11.5 Å². The van der Waals surface area contributed by atoms with E-state index in [4.69, 9.17) is 9.47 Å². The fraction of sp³-hybridized carbons (Fsp3) is 0.185. The molecule has 6 nitrogen and oxygen atoms in total. The molecule has 1 atom stereocenters. The van der Waals surface area contributed by atoms with Crippen LogP contribution in [0, 0.1) is 0 Å². The number of methoxy groups -OCH3 is 2. The van der Waals surface area contributed by atoms with Crippen LogP contribution in [-0.2, 0) is 22.3 Å². The number of aliphatic hydroxyl groups excluding tert-OH is 1. The summed E-state index contributed by atoms with van der Waals surface area (Å²) in [6.45, 7) is -0.293. The van der Waals surface area contributed by atoms with Crippen LogP contribution in [0.25, 0.3) is 5.76 Å². The molecule has 1 aliphatic heterocycles.